The molecule has 1 aromatic rings. The topological polar surface area (TPSA) is 37.3 Å². The Bertz CT molecular complexity index is 355. The normalized spacial score (nSPS) is 12.1. The van der Waals surface area contributed by atoms with Gasteiger partial charge in [-0.2, -0.15) is 0 Å². The fraction of sp³-hybridized carbons (Fsp3) is 0.308. The zero-order valence-corrected chi connectivity index (χ0v) is 8.94. The van der Waals surface area contributed by atoms with Crippen molar-refractivity contribution in [1.82, 2.24) is 0 Å². The van der Waals surface area contributed by atoms with Crippen molar-refractivity contribution in [3.8, 4) is 0 Å². The van der Waals surface area contributed by atoms with Gasteiger partial charge in [0.15, 0.2) is 0 Å². The number of carboxylic acid groups (broad SMARTS) is 1. The van der Waals surface area contributed by atoms with Gasteiger partial charge in [0.1, 0.15) is 0 Å². The standard InChI is InChI=1S/C13H16O2/c1-3-6-12(13(14)15)9-11-8-5-4-7-10(11)2/h3-5,7-8,12H,1,6,9H2,2H3,(H,14,15). The molecule has 0 spiro atoms. The molecule has 0 saturated carbocycles. The number of carboxylic acids is 1. The molecule has 0 saturated heterocycles. The summed E-state index contributed by atoms with van der Waals surface area (Å²) < 4.78 is 0. The fourth-order valence-corrected chi connectivity index (χ4v) is 1.58. The monoisotopic (exact) mass is 204 g/mol. The van der Waals surface area contributed by atoms with Crippen molar-refractivity contribution in [1.29, 1.82) is 0 Å². The van der Waals surface area contributed by atoms with Gasteiger partial charge in [-0.1, -0.05) is 30.3 Å². The number of rotatable bonds is 5. The molecule has 0 fully saturated rings. The summed E-state index contributed by atoms with van der Waals surface area (Å²) in [6.45, 7) is 5.59. The largest absolute Gasteiger partial charge is 0.481 e. The molecule has 1 rings (SSSR count). The first kappa shape index (κ1) is 11.5. The Labute approximate surface area is 90.3 Å². The van der Waals surface area contributed by atoms with E-state index in [1.54, 1.807) is 6.08 Å². The summed E-state index contributed by atoms with van der Waals surface area (Å²) in [5.41, 5.74) is 2.25. The number of allylic oxidation sites excluding steroid dienone is 1. The van der Waals surface area contributed by atoms with E-state index in [0.29, 0.717) is 12.8 Å². The lowest BCUT2D eigenvalue weighted by atomic mass is 9.94. The van der Waals surface area contributed by atoms with E-state index in [1.807, 2.05) is 31.2 Å². The van der Waals surface area contributed by atoms with Gasteiger partial charge in [-0.25, -0.2) is 0 Å². The smallest absolute Gasteiger partial charge is 0.307 e. The van der Waals surface area contributed by atoms with Gasteiger partial charge in [0.05, 0.1) is 5.92 Å². The molecule has 0 heterocycles. The minimum Gasteiger partial charge on any atom is -0.481 e. The molecule has 2 nitrogen and oxygen atoms in total. The van der Waals surface area contributed by atoms with Crippen molar-refractivity contribution in [2.75, 3.05) is 0 Å². The average molecular weight is 204 g/mol. The molecule has 0 radical (unpaired) electrons. The molecule has 1 aromatic carbocycles. The minimum atomic E-state index is -0.752. The quantitative estimate of drug-likeness (QED) is 0.749. The Balaban J connectivity index is 2.78. The molecule has 0 aromatic heterocycles. The van der Waals surface area contributed by atoms with Crippen LogP contribution in [0, 0.1) is 12.8 Å². The van der Waals surface area contributed by atoms with E-state index in [-0.39, 0.29) is 5.92 Å². The van der Waals surface area contributed by atoms with Crippen LogP contribution in [0.25, 0.3) is 0 Å². The van der Waals surface area contributed by atoms with Gasteiger partial charge >= 0.3 is 5.97 Å². The lowest BCUT2D eigenvalue weighted by Gasteiger charge is -2.11. The van der Waals surface area contributed by atoms with Crippen LogP contribution in [0.3, 0.4) is 0 Å². The zero-order chi connectivity index (χ0) is 11.3. The molecule has 0 aliphatic carbocycles. The fourth-order valence-electron chi connectivity index (χ4n) is 1.58. The van der Waals surface area contributed by atoms with Crippen LogP contribution in [-0.4, -0.2) is 11.1 Å². The van der Waals surface area contributed by atoms with Crippen LogP contribution in [0.2, 0.25) is 0 Å². The van der Waals surface area contributed by atoms with Gasteiger partial charge in [0, 0.05) is 0 Å². The van der Waals surface area contributed by atoms with Gasteiger partial charge in [0.2, 0.25) is 0 Å². The summed E-state index contributed by atoms with van der Waals surface area (Å²) in [5, 5.41) is 9.01. The number of hydrogen-bond acceptors (Lipinski definition) is 1. The highest BCUT2D eigenvalue weighted by atomic mass is 16.4. The maximum atomic E-state index is 11.0. The SMILES string of the molecule is C=CCC(Cc1ccccc1C)C(=O)O. The molecular formula is C13H16O2. The maximum Gasteiger partial charge on any atom is 0.307 e. The number of carbonyl (C=O) groups is 1. The van der Waals surface area contributed by atoms with Gasteiger partial charge in [-0.05, 0) is 30.9 Å². The molecule has 1 unspecified atom stereocenters. The summed E-state index contributed by atoms with van der Waals surface area (Å²) in [6.07, 6.45) is 2.76. The average Bonchev–Trinajstić information content (AvgIpc) is 2.20. The maximum absolute atomic E-state index is 11.0. The number of aryl methyl sites for hydroxylation is 1. The predicted molar refractivity (Wildman–Crippen MR) is 60.8 cm³/mol. The second-order valence-electron chi connectivity index (χ2n) is 3.69. The first-order valence-electron chi connectivity index (χ1n) is 5.03. The van der Waals surface area contributed by atoms with Crippen LogP contribution >= 0.6 is 0 Å². The van der Waals surface area contributed by atoms with E-state index >= 15 is 0 Å². The molecule has 1 atom stereocenters. The Morgan fingerprint density at radius 2 is 2.20 bits per heavy atom. The summed E-state index contributed by atoms with van der Waals surface area (Å²) >= 11 is 0. The Hall–Kier alpha value is -1.57. The summed E-state index contributed by atoms with van der Waals surface area (Å²) in [4.78, 5) is 11.0. The third-order valence-electron chi connectivity index (χ3n) is 2.53. The molecule has 0 aliphatic rings. The minimum absolute atomic E-state index is 0.358. The zero-order valence-electron chi connectivity index (χ0n) is 8.94. The molecule has 15 heavy (non-hydrogen) atoms. The summed E-state index contributed by atoms with van der Waals surface area (Å²) in [6, 6.07) is 7.88. The molecule has 1 N–H and O–H groups in total. The van der Waals surface area contributed by atoms with E-state index < -0.39 is 5.97 Å². The predicted octanol–water partition coefficient (Wildman–Crippen LogP) is 2.81. The van der Waals surface area contributed by atoms with Crippen LogP contribution in [0.15, 0.2) is 36.9 Å². The lowest BCUT2D eigenvalue weighted by Crippen LogP contribution is -2.16. The third-order valence-corrected chi connectivity index (χ3v) is 2.53. The molecule has 80 valence electrons. The van der Waals surface area contributed by atoms with Crippen LogP contribution in [0.4, 0.5) is 0 Å². The first-order chi connectivity index (χ1) is 7.15. The molecule has 0 aliphatic heterocycles. The Kier molecular flexibility index (Phi) is 4.10. The Morgan fingerprint density at radius 1 is 1.53 bits per heavy atom. The van der Waals surface area contributed by atoms with E-state index in [0.717, 1.165) is 11.1 Å². The second kappa shape index (κ2) is 5.35. The summed E-state index contributed by atoms with van der Waals surface area (Å²) in [7, 11) is 0. The van der Waals surface area contributed by atoms with E-state index in [2.05, 4.69) is 6.58 Å². The van der Waals surface area contributed by atoms with Gasteiger partial charge in [-0.15, -0.1) is 6.58 Å². The van der Waals surface area contributed by atoms with E-state index in [9.17, 15) is 4.79 Å². The molecule has 0 amide bonds. The summed E-state index contributed by atoms with van der Waals surface area (Å²) in [5.74, 6) is -1.11. The highest BCUT2D eigenvalue weighted by molar-refractivity contribution is 5.70. The number of hydrogen-bond donors (Lipinski definition) is 1. The van der Waals surface area contributed by atoms with E-state index in [4.69, 9.17) is 5.11 Å². The van der Waals surface area contributed by atoms with Gasteiger partial charge in [0.25, 0.3) is 0 Å². The number of aliphatic carboxylic acids is 1. The van der Waals surface area contributed by atoms with Crippen molar-refractivity contribution >= 4 is 5.97 Å². The second-order valence-corrected chi connectivity index (χ2v) is 3.69. The van der Waals surface area contributed by atoms with Crippen LogP contribution in [0.1, 0.15) is 17.5 Å². The van der Waals surface area contributed by atoms with Crippen molar-refractivity contribution in [3.63, 3.8) is 0 Å². The van der Waals surface area contributed by atoms with Crippen molar-refractivity contribution in [3.05, 3.63) is 48.0 Å². The van der Waals surface area contributed by atoms with Crippen LogP contribution in [-0.2, 0) is 11.2 Å². The van der Waals surface area contributed by atoms with E-state index in [1.165, 1.54) is 0 Å². The van der Waals surface area contributed by atoms with Crippen molar-refractivity contribution < 1.29 is 9.90 Å². The third kappa shape index (κ3) is 3.24. The highest BCUT2D eigenvalue weighted by Crippen LogP contribution is 2.16. The van der Waals surface area contributed by atoms with Gasteiger partial charge < -0.3 is 5.11 Å². The van der Waals surface area contributed by atoms with Crippen molar-refractivity contribution in [2.24, 2.45) is 5.92 Å². The number of benzene rings is 1. The van der Waals surface area contributed by atoms with Gasteiger partial charge in [-0.3, -0.25) is 4.79 Å². The van der Waals surface area contributed by atoms with Crippen LogP contribution < -0.4 is 0 Å². The Morgan fingerprint density at radius 3 is 2.73 bits per heavy atom. The highest BCUT2D eigenvalue weighted by Gasteiger charge is 2.16. The molecular weight excluding hydrogens is 188 g/mol. The first-order valence-corrected chi connectivity index (χ1v) is 5.03. The molecule has 2 heteroatoms. The molecule has 0 bridgehead atoms. The van der Waals surface area contributed by atoms with Crippen LogP contribution in [0.5, 0.6) is 0 Å². The van der Waals surface area contributed by atoms with Crippen molar-refractivity contribution in [2.45, 2.75) is 19.8 Å². The lowest BCUT2D eigenvalue weighted by molar-refractivity contribution is -0.141.